The van der Waals surface area contributed by atoms with E-state index in [1.54, 1.807) is 12.1 Å². The lowest BCUT2D eigenvalue weighted by Crippen LogP contribution is -2.40. The molecular weight excluding hydrogens is 284 g/mol. The summed E-state index contributed by atoms with van der Waals surface area (Å²) in [6, 6.07) is 6.08. The molecule has 7 heteroatoms. The van der Waals surface area contributed by atoms with E-state index in [0.717, 1.165) is 5.56 Å². The van der Waals surface area contributed by atoms with Crippen LogP contribution in [0, 0.1) is 0 Å². The largest absolute Gasteiger partial charge is 0.598 e. The van der Waals surface area contributed by atoms with Crippen LogP contribution in [0.5, 0.6) is 0 Å². The third kappa shape index (κ3) is 4.77. The van der Waals surface area contributed by atoms with Crippen LogP contribution in [0.1, 0.15) is 39.3 Å². The highest BCUT2D eigenvalue weighted by atomic mass is 32.2. The van der Waals surface area contributed by atoms with Crippen molar-refractivity contribution in [3.63, 3.8) is 0 Å². The van der Waals surface area contributed by atoms with Crippen LogP contribution in [0.15, 0.2) is 29.2 Å². The number of benzene rings is 1. The van der Waals surface area contributed by atoms with Crippen molar-refractivity contribution in [3.05, 3.63) is 29.8 Å². The number of sulfonamides is 1. The second kappa shape index (κ2) is 5.80. The van der Waals surface area contributed by atoms with Crippen molar-refractivity contribution < 1.29 is 13.0 Å². The summed E-state index contributed by atoms with van der Waals surface area (Å²) < 4.78 is 36.9. The summed E-state index contributed by atoms with van der Waals surface area (Å²) in [6.07, 6.45) is 0. The van der Waals surface area contributed by atoms with Gasteiger partial charge in [-0.2, -0.15) is 0 Å². The van der Waals surface area contributed by atoms with Crippen LogP contribution in [0.4, 0.5) is 0 Å². The molecule has 0 aromatic heterocycles. The summed E-state index contributed by atoms with van der Waals surface area (Å²) in [4.78, 5) is 0.0698. The summed E-state index contributed by atoms with van der Waals surface area (Å²) in [5.74, 6) is 0. The third-order valence-corrected chi connectivity index (χ3v) is 5.16. The van der Waals surface area contributed by atoms with Crippen LogP contribution in [-0.2, 0) is 21.4 Å². The Labute approximate surface area is 118 Å². The third-order valence-electron chi connectivity index (χ3n) is 2.55. The van der Waals surface area contributed by atoms with Gasteiger partial charge in [0.1, 0.15) is 4.75 Å². The zero-order valence-corrected chi connectivity index (χ0v) is 13.1. The van der Waals surface area contributed by atoms with Crippen molar-refractivity contribution in [3.8, 4) is 0 Å². The predicted molar refractivity (Wildman–Crippen MR) is 77.3 cm³/mol. The molecule has 0 heterocycles. The van der Waals surface area contributed by atoms with Gasteiger partial charge in [-0.1, -0.05) is 12.1 Å². The van der Waals surface area contributed by atoms with Crippen molar-refractivity contribution >= 4 is 21.4 Å². The molecule has 1 rings (SSSR count). The van der Waals surface area contributed by atoms with Crippen molar-refractivity contribution in [2.75, 3.05) is 0 Å². The summed E-state index contributed by atoms with van der Waals surface area (Å²) in [5.41, 5.74) is 0.852. The number of rotatable bonds is 4. The average Bonchev–Trinajstić information content (AvgIpc) is 2.26. The van der Waals surface area contributed by atoms with Crippen LogP contribution < -0.4 is 9.86 Å². The molecule has 0 fully saturated rings. The lowest BCUT2D eigenvalue weighted by atomic mass is 10.1. The van der Waals surface area contributed by atoms with Crippen molar-refractivity contribution in [1.29, 1.82) is 0 Å². The topological polar surface area (TPSA) is 95.2 Å². The Morgan fingerprint density at radius 2 is 1.74 bits per heavy atom. The molecule has 0 aliphatic rings. The number of hydrogen-bond acceptors (Lipinski definition) is 4. The zero-order chi connectivity index (χ0) is 14.8. The quantitative estimate of drug-likeness (QED) is 0.823. The van der Waals surface area contributed by atoms with Crippen molar-refractivity contribution in [1.82, 2.24) is 4.72 Å². The van der Waals surface area contributed by atoms with E-state index in [4.69, 9.17) is 5.14 Å². The first-order chi connectivity index (χ1) is 8.51. The van der Waals surface area contributed by atoms with Gasteiger partial charge in [0.15, 0.2) is 0 Å². The minimum Gasteiger partial charge on any atom is -0.598 e. The Kier molecular flexibility index (Phi) is 5.02. The average molecular weight is 304 g/mol. The first-order valence-corrected chi connectivity index (χ1v) is 8.52. The molecule has 0 amide bonds. The van der Waals surface area contributed by atoms with Gasteiger partial charge in [-0.25, -0.2) is 13.6 Å². The highest BCUT2D eigenvalue weighted by molar-refractivity contribution is 7.90. The Morgan fingerprint density at radius 1 is 1.26 bits per heavy atom. The SMILES string of the molecule is CC(N[S+]([O-])C(C)(C)C)c1ccc(S(N)(=O)=O)cc1. The van der Waals surface area contributed by atoms with E-state index in [-0.39, 0.29) is 15.7 Å². The maximum absolute atomic E-state index is 12.0. The predicted octanol–water partition coefficient (Wildman–Crippen LogP) is 1.45. The molecule has 2 unspecified atom stereocenters. The number of nitrogens with two attached hydrogens (primary N) is 1. The molecule has 0 radical (unpaired) electrons. The lowest BCUT2D eigenvalue weighted by Gasteiger charge is -2.26. The molecule has 0 aliphatic heterocycles. The molecule has 3 N–H and O–H groups in total. The first-order valence-electron chi connectivity index (χ1n) is 5.82. The van der Waals surface area contributed by atoms with E-state index in [2.05, 4.69) is 4.72 Å². The Balaban J connectivity index is 2.82. The molecule has 1 aromatic rings. The molecule has 0 spiro atoms. The van der Waals surface area contributed by atoms with Crippen molar-refractivity contribution in [2.45, 2.75) is 43.4 Å². The molecule has 0 aliphatic carbocycles. The summed E-state index contributed by atoms with van der Waals surface area (Å²) >= 11 is -1.18. The Hall–Kier alpha value is -0.600. The van der Waals surface area contributed by atoms with E-state index in [0.29, 0.717) is 0 Å². The smallest absolute Gasteiger partial charge is 0.238 e. The van der Waals surface area contributed by atoms with Gasteiger partial charge in [0.25, 0.3) is 0 Å². The number of nitrogens with one attached hydrogen (secondary N) is 1. The van der Waals surface area contributed by atoms with Gasteiger partial charge in [-0.3, -0.25) is 0 Å². The number of primary sulfonamides is 1. The molecule has 2 atom stereocenters. The fourth-order valence-electron chi connectivity index (χ4n) is 1.35. The van der Waals surface area contributed by atoms with E-state index in [1.807, 2.05) is 27.7 Å². The van der Waals surface area contributed by atoms with Crippen LogP contribution in [0.3, 0.4) is 0 Å². The van der Waals surface area contributed by atoms with Gasteiger partial charge in [0, 0.05) is 11.4 Å². The molecule has 19 heavy (non-hydrogen) atoms. The molecular formula is C12H20N2O3S2. The minimum absolute atomic E-state index is 0.0698. The van der Waals surface area contributed by atoms with Crippen LogP contribution in [0.2, 0.25) is 0 Å². The minimum atomic E-state index is -3.67. The van der Waals surface area contributed by atoms with E-state index < -0.39 is 21.4 Å². The van der Waals surface area contributed by atoms with Crippen LogP contribution in [-0.4, -0.2) is 17.7 Å². The maximum atomic E-state index is 12.0. The molecule has 1 aromatic carbocycles. The van der Waals surface area contributed by atoms with Gasteiger partial charge in [0.05, 0.1) is 10.9 Å². The summed E-state index contributed by atoms with van der Waals surface area (Å²) in [7, 11) is -3.67. The van der Waals surface area contributed by atoms with Crippen LogP contribution in [0.25, 0.3) is 0 Å². The Morgan fingerprint density at radius 3 is 2.11 bits per heavy atom. The molecule has 5 nitrogen and oxygen atoms in total. The van der Waals surface area contributed by atoms with Gasteiger partial charge in [-0.15, -0.1) is 4.72 Å². The zero-order valence-electron chi connectivity index (χ0n) is 11.5. The second-order valence-electron chi connectivity index (χ2n) is 5.33. The highest BCUT2D eigenvalue weighted by Gasteiger charge is 2.28. The maximum Gasteiger partial charge on any atom is 0.238 e. The van der Waals surface area contributed by atoms with Gasteiger partial charge in [0.2, 0.25) is 10.0 Å². The lowest BCUT2D eigenvalue weighted by molar-refractivity contribution is 0.531. The first kappa shape index (κ1) is 16.5. The molecule has 108 valence electrons. The van der Waals surface area contributed by atoms with Gasteiger partial charge in [-0.05, 0) is 45.4 Å². The standard InChI is InChI=1S/C12H20N2O3S2/c1-9(14-18(15)12(2,3)4)10-5-7-11(8-6-10)19(13,16)17/h5-9,14H,1-4H3,(H2,13,16,17). The monoisotopic (exact) mass is 304 g/mol. The second-order valence-corrected chi connectivity index (χ2v) is 8.89. The molecule has 0 bridgehead atoms. The fraction of sp³-hybridized carbons (Fsp3) is 0.500. The fourth-order valence-corrected chi connectivity index (χ4v) is 2.68. The Bertz CT molecular complexity index is 521. The van der Waals surface area contributed by atoms with E-state index in [1.165, 1.54) is 12.1 Å². The van der Waals surface area contributed by atoms with E-state index >= 15 is 0 Å². The molecule has 0 saturated heterocycles. The van der Waals surface area contributed by atoms with Crippen molar-refractivity contribution in [2.24, 2.45) is 5.14 Å². The highest BCUT2D eigenvalue weighted by Crippen LogP contribution is 2.20. The van der Waals surface area contributed by atoms with Gasteiger partial charge < -0.3 is 4.55 Å². The number of hydrogen-bond donors (Lipinski definition) is 2. The molecule has 0 saturated carbocycles. The van der Waals surface area contributed by atoms with Gasteiger partial charge >= 0.3 is 0 Å². The van der Waals surface area contributed by atoms with E-state index in [9.17, 15) is 13.0 Å². The normalized spacial score (nSPS) is 16.1. The van der Waals surface area contributed by atoms with Crippen LogP contribution >= 0.6 is 0 Å². The summed E-state index contributed by atoms with van der Waals surface area (Å²) in [5, 5.41) is 5.03. The summed E-state index contributed by atoms with van der Waals surface area (Å²) in [6.45, 7) is 7.52.